The van der Waals surface area contributed by atoms with Crippen molar-refractivity contribution in [3.05, 3.63) is 54.2 Å². The van der Waals surface area contributed by atoms with Gasteiger partial charge in [0, 0.05) is 38.4 Å². The van der Waals surface area contributed by atoms with Crippen LogP contribution >= 0.6 is 0 Å². The maximum atomic E-state index is 13.1. The number of carbonyl (C=O) groups excluding carboxylic acids is 2. The number of hydrogen-bond acceptors (Lipinski definition) is 5. The Bertz CT molecular complexity index is 740. The number of halogens is 1. The van der Waals surface area contributed by atoms with E-state index in [0.717, 1.165) is 31.9 Å². The van der Waals surface area contributed by atoms with Gasteiger partial charge in [-0.25, -0.2) is 4.39 Å². The Kier molecular flexibility index (Phi) is 5.52. The summed E-state index contributed by atoms with van der Waals surface area (Å²) in [5, 5.41) is 2.55. The number of anilines is 1. The zero-order chi connectivity index (χ0) is 18.5. The predicted molar refractivity (Wildman–Crippen MR) is 93.8 cm³/mol. The normalized spacial score (nSPS) is 16.3. The van der Waals surface area contributed by atoms with Crippen LogP contribution in [0.3, 0.4) is 0 Å². The zero-order valence-electron chi connectivity index (χ0n) is 14.2. The Morgan fingerprint density at radius 3 is 2.42 bits per heavy atom. The first-order valence-corrected chi connectivity index (χ1v) is 8.40. The van der Waals surface area contributed by atoms with Gasteiger partial charge in [0.2, 0.25) is 0 Å². The van der Waals surface area contributed by atoms with E-state index in [1.165, 1.54) is 12.1 Å². The number of carbonyl (C=O) groups is 2. The van der Waals surface area contributed by atoms with E-state index in [0.29, 0.717) is 5.76 Å². The third-order valence-electron chi connectivity index (χ3n) is 4.50. The van der Waals surface area contributed by atoms with Gasteiger partial charge in [-0.3, -0.25) is 14.5 Å². The van der Waals surface area contributed by atoms with Gasteiger partial charge in [0.25, 0.3) is 0 Å². The van der Waals surface area contributed by atoms with Crippen molar-refractivity contribution in [3.8, 4) is 0 Å². The van der Waals surface area contributed by atoms with E-state index in [1.54, 1.807) is 24.5 Å². The third-order valence-corrected chi connectivity index (χ3v) is 4.50. The van der Waals surface area contributed by atoms with Gasteiger partial charge in [-0.1, -0.05) is 0 Å². The molecule has 3 rings (SSSR count). The predicted octanol–water partition coefficient (Wildman–Crippen LogP) is 0.884. The molecule has 7 nitrogen and oxygen atoms in total. The molecule has 1 unspecified atom stereocenters. The summed E-state index contributed by atoms with van der Waals surface area (Å²) in [6.07, 6.45) is 1.58. The molecule has 1 atom stereocenters. The fraction of sp³-hybridized carbons (Fsp3) is 0.333. The van der Waals surface area contributed by atoms with Gasteiger partial charge in [0.05, 0.1) is 12.3 Å². The van der Waals surface area contributed by atoms with Crippen molar-refractivity contribution in [2.24, 2.45) is 5.73 Å². The maximum Gasteiger partial charge on any atom is 0.309 e. The highest BCUT2D eigenvalue weighted by Gasteiger charge is 2.27. The van der Waals surface area contributed by atoms with Crippen LogP contribution in [0, 0.1) is 5.82 Å². The number of nitrogens with one attached hydrogen (secondary N) is 1. The van der Waals surface area contributed by atoms with E-state index in [-0.39, 0.29) is 18.4 Å². The second-order valence-electron chi connectivity index (χ2n) is 6.10. The molecule has 2 amide bonds. The van der Waals surface area contributed by atoms with Gasteiger partial charge in [0.15, 0.2) is 0 Å². The van der Waals surface area contributed by atoms with Gasteiger partial charge in [-0.2, -0.15) is 0 Å². The second-order valence-corrected chi connectivity index (χ2v) is 6.10. The number of benzene rings is 1. The van der Waals surface area contributed by atoms with Crippen molar-refractivity contribution < 1.29 is 18.4 Å². The van der Waals surface area contributed by atoms with Gasteiger partial charge >= 0.3 is 11.8 Å². The van der Waals surface area contributed by atoms with Crippen LogP contribution < -0.4 is 16.0 Å². The van der Waals surface area contributed by atoms with Crippen LogP contribution in [0.4, 0.5) is 10.1 Å². The van der Waals surface area contributed by atoms with Crippen LogP contribution in [0.2, 0.25) is 0 Å². The molecule has 0 saturated carbocycles. The summed E-state index contributed by atoms with van der Waals surface area (Å²) in [4.78, 5) is 26.8. The Hall–Kier alpha value is -2.87. The smallest absolute Gasteiger partial charge is 0.309 e. The molecule has 0 radical (unpaired) electrons. The molecule has 8 heteroatoms. The van der Waals surface area contributed by atoms with Crippen molar-refractivity contribution in [2.75, 3.05) is 37.6 Å². The van der Waals surface area contributed by atoms with E-state index in [2.05, 4.69) is 15.1 Å². The number of hydrogen-bond donors (Lipinski definition) is 2. The Labute approximate surface area is 150 Å². The zero-order valence-corrected chi connectivity index (χ0v) is 14.2. The molecule has 0 spiro atoms. The van der Waals surface area contributed by atoms with Crippen LogP contribution in [0.25, 0.3) is 0 Å². The van der Waals surface area contributed by atoms with Gasteiger partial charge in [-0.05, 0) is 36.4 Å². The molecule has 0 bridgehead atoms. The van der Waals surface area contributed by atoms with E-state index in [4.69, 9.17) is 10.2 Å². The molecule has 0 aliphatic carbocycles. The minimum Gasteiger partial charge on any atom is -0.468 e. The van der Waals surface area contributed by atoms with Crippen molar-refractivity contribution >= 4 is 17.5 Å². The highest BCUT2D eigenvalue weighted by atomic mass is 19.1. The van der Waals surface area contributed by atoms with Crippen LogP contribution in [0.15, 0.2) is 47.1 Å². The first-order chi connectivity index (χ1) is 12.5. The molecule has 1 saturated heterocycles. The van der Waals surface area contributed by atoms with Crippen molar-refractivity contribution in [2.45, 2.75) is 6.04 Å². The molecule has 26 heavy (non-hydrogen) atoms. The SMILES string of the molecule is NC(=O)C(=O)NCC(c1ccco1)N1CCN(c2ccc(F)cc2)CC1. The molecule has 1 aromatic heterocycles. The first kappa shape index (κ1) is 17.9. The molecule has 138 valence electrons. The van der Waals surface area contributed by atoms with E-state index in [9.17, 15) is 14.0 Å². The van der Waals surface area contributed by atoms with Gasteiger partial charge in [0.1, 0.15) is 11.6 Å². The largest absolute Gasteiger partial charge is 0.468 e. The minimum atomic E-state index is -1.01. The monoisotopic (exact) mass is 360 g/mol. The summed E-state index contributed by atoms with van der Waals surface area (Å²) >= 11 is 0. The topological polar surface area (TPSA) is 91.8 Å². The summed E-state index contributed by atoms with van der Waals surface area (Å²) in [5.41, 5.74) is 5.97. The summed E-state index contributed by atoms with van der Waals surface area (Å²) in [7, 11) is 0. The van der Waals surface area contributed by atoms with Crippen LogP contribution in [-0.4, -0.2) is 49.4 Å². The standard InChI is InChI=1S/C18H21FN4O3/c19-13-3-5-14(6-4-13)22-7-9-23(10-8-22)15(16-2-1-11-26-16)12-21-18(25)17(20)24/h1-6,11,15H,7-10,12H2,(H2,20,24)(H,21,25). The number of rotatable bonds is 5. The highest BCUT2D eigenvalue weighted by molar-refractivity contribution is 6.34. The van der Waals surface area contributed by atoms with E-state index in [1.807, 2.05) is 6.07 Å². The van der Waals surface area contributed by atoms with Gasteiger partial charge < -0.3 is 20.4 Å². The van der Waals surface area contributed by atoms with Crippen molar-refractivity contribution in [1.82, 2.24) is 10.2 Å². The number of piperazine rings is 1. The Morgan fingerprint density at radius 1 is 1.15 bits per heavy atom. The molecule has 2 aromatic rings. The number of amides is 2. The molecule has 1 fully saturated rings. The lowest BCUT2D eigenvalue weighted by Crippen LogP contribution is -2.50. The number of primary amides is 1. The number of furan rings is 1. The first-order valence-electron chi connectivity index (χ1n) is 8.40. The highest BCUT2D eigenvalue weighted by Crippen LogP contribution is 2.24. The fourth-order valence-corrected chi connectivity index (χ4v) is 3.11. The van der Waals surface area contributed by atoms with E-state index >= 15 is 0 Å². The Balaban J connectivity index is 1.64. The molecule has 1 aliphatic heterocycles. The maximum absolute atomic E-state index is 13.1. The molecular weight excluding hydrogens is 339 g/mol. The quantitative estimate of drug-likeness (QED) is 0.773. The van der Waals surface area contributed by atoms with Crippen molar-refractivity contribution in [1.29, 1.82) is 0 Å². The average molecular weight is 360 g/mol. The second kappa shape index (κ2) is 8.01. The van der Waals surface area contributed by atoms with Crippen LogP contribution in [-0.2, 0) is 9.59 Å². The Morgan fingerprint density at radius 2 is 1.85 bits per heavy atom. The molecular formula is C18H21FN4O3. The third kappa shape index (κ3) is 4.20. The minimum absolute atomic E-state index is 0.191. The average Bonchev–Trinajstić information content (AvgIpc) is 3.17. The van der Waals surface area contributed by atoms with Crippen LogP contribution in [0.5, 0.6) is 0 Å². The van der Waals surface area contributed by atoms with E-state index < -0.39 is 11.8 Å². The number of nitrogens with zero attached hydrogens (tertiary/aromatic N) is 2. The molecule has 1 aromatic carbocycles. The lowest BCUT2D eigenvalue weighted by molar-refractivity contribution is -0.137. The summed E-state index contributed by atoms with van der Waals surface area (Å²) in [6, 6.07) is 9.87. The summed E-state index contributed by atoms with van der Waals surface area (Å²) in [5.74, 6) is -1.36. The van der Waals surface area contributed by atoms with Gasteiger partial charge in [-0.15, -0.1) is 0 Å². The molecule has 2 heterocycles. The van der Waals surface area contributed by atoms with Crippen molar-refractivity contribution in [3.63, 3.8) is 0 Å². The lowest BCUT2D eigenvalue weighted by Gasteiger charge is -2.39. The van der Waals surface area contributed by atoms with Crippen LogP contribution in [0.1, 0.15) is 11.8 Å². The molecule has 1 aliphatic rings. The summed E-state index contributed by atoms with van der Waals surface area (Å²) < 4.78 is 18.6. The fourth-order valence-electron chi connectivity index (χ4n) is 3.11. The number of nitrogens with two attached hydrogens (primary N) is 1. The lowest BCUT2D eigenvalue weighted by atomic mass is 10.1. The molecule has 3 N–H and O–H groups in total. The summed E-state index contributed by atoms with van der Waals surface area (Å²) in [6.45, 7) is 3.20.